The lowest BCUT2D eigenvalue weighted by molar-refractivity contribution is 0.327. The zero-order valence-corrected chi connectivity index (χ0v) is 14.8. The van der Waals surface area contributed by atoms with E-state index in [-0.39, 0.29) is 5.25 Å². The zero-order valence-electron chi connectivity index (χ0n) is 13.2. The molecular formula is C16H20ClN3O2S. The van der Waals surface area contributed by atoms with Crippen LogP contribution < -0.4 is 4.72 Å². The highest BCUT2D eigenvalue weighted by molar-refractivity contribution is 7.90. The second-order valence-electron chi connectivity index (χ2n) is 5.91. The van der Waals surface area contributed by atoms with E-state index in [4.69, 9.17) is 11.6 Å². The number of benzene rings is 1. The van der Waals surface area contributed by atoms with Crippen molar-refractivity contribution in [2.45, 2.75) is 25.1 Å². The molecule has 2 aromatic rings. The first-order chi connectivity index (χ1) is 10.9. The van der Waals surface area contributed by atoms with Crippen LogP contribution in [0.25, 0.3) is 10.9 Å². The summed E-state index contributed by atoms with van der Waals surface area (Å²) in [4.78, 5) is 6.77. The van der Waals surface area contributed by atoms with Crippen LogP contribution in [0.1, 0.15) is 17.7 Å². The average Bonchev–Trinajstić information content (AvgIpc) is 3.02. The molecule has 0 radical (unpaired) electrons. The summed E-state index contributed by atoms with van der Waals surface area (Å²) in [6, 6.07) is 7.91. The number of likely N-dealkylation sites (tertiary alicyclic amines) is 1. The second-order valence-corrected chi connectivity index (χ2v) is 8.45. The van der Waals surface area contributed by atoms with Crippen molar-refractivity contribution in [2.75, 3.05) is 20.1 Å². The maximum absolute atomic E-state index is 11.9. The van der Waals surface area contributed by atoms with Crippen LogP contribution in [0, 0.1) is 6.92 Å². The highest BCUT2D eigenvalue weighted by Gasteiger charge is 2.32. The van der Waals surface area contributed by atoms with Crippen LogP contribution in [0.15, 0.2) is 24.3 Å². The van der Waals surface area contributed by atoms with Gasteiger partial charge in [-0.2, -0.15) is 0 Å². The third-order valence-electron chi connectivity index (χ3n) is 4.47. The van der Waals surface area contributed by atoms with Gasteiger partial charge in [-0.05, 0) is 38.6 Å². The number of halogens is 1. The Bertz CT molecular complexity index is 839. The molecule has 23 heavy (non-hydrogen) atoms. The van der Waals surface area contributed by atoms with E-state index < -0.39 is 10.0 Å². The molecule has 2 heterocycles. The molecule has 3 rings (SSSR count). The molecule has 1 aromatic carbocycles. The number of hydrogen-bond donors (Lipinski definition) is 1. The molecule has 0 bridgehead atoms. The molecule has 7 heteroatoms. The first-order valence-corrected chi connectivity index (χ1v) is 9.53. The van der Waals surface area contributed by atoms with Gasteiger partial charge in [-0.15, -0.1) is 0 Å². The number of hydrogen-bond acceptors (Lipinski definition) is 4. The highest BCUT2D eigenvalue weighted by atomic mass is 35.5. The molecule has 0 amide bonds. The van der Waals surface area contributed by atoms with Gasteiger partial charge < -0.3 is 0 Å². The van der Waals surface area contributed by atoms with E-state index in [1.165, 1.54) is 7.05 Å². The van der Waals surface area contributed by atoms with E-state index in [0.29, 0.717) is 24.5 Å². The first-order valence-electron chi connectivity index (χ1n) is 7.61. The Labute approximate surface area is 141 Å². The maximum atomic E-state index is 11.9. The minimum Gasteiger partial charge on any atom is -0.296 e. The summed E-state index contributed by atoms with van der Waals surface area (Å²) >= 11 is 6.48. The molecule has 1 aromatic heterocycles. The lowest BCUT2D eigenvalue weighted by Gasteiger charge is -2.18. The number of aryl methyl sites for hydroxylation is 1. The Kier molecular flexibility index (Phi) is 4.60. The molecule has 5 nitrogen and oxygen atoms in total. The van der Waals surface area contributed by atoms with Crippen LogP contribution >= 0.6 is 11.6 Å². The number of sulfonamides is 1. The molecule has 0 aliphatic carbocycles. The fourth-order valence-corrected chi connectivity index (χ4v) is 4.45. The Morgan fingerprint density at radius 3 is 2.87 bits per heavy atom. The monoisotopic (exact) mass is 353 g/mol. The van der Waals surface area contributed by atoms with Crippen molar-refractivity contribution in [3.8, 4) is 0 Å². The summed E-state index contributed by atoms with van der Waals surface area (Å²) in [6.45, 7) is 3.80. The van der Waals surface area contributed by atoms with E-state index in [9.17, 15) is 8.42 Å². The Balaban J connectivity index is 1.84. The molecule has 0 spiro atoms. The van der Waals surface area contributed by atoms with Gasteiger partial charge in [-0.3, -0.25) is 4.90 Å². The molecule has 0 unspecified atom stereocenters. The maximum Gasteiger partial charge on any atom is 0.215 e. The van der Waals surface area contributed by atoms with Crippen LogP contribution in [0.5, 0.6) is 0 Å². The van der Waals surface area contributed by atoms with E-state index in [0.717, 1.165) is 28.7 Å². The standard InChI is InChI=1S/C16H20ClN3O2S/c1-11-13-5-3-4-6-14(13)19-15(16(11)17)10-20-8-7-12(9-20)23(21,22)18-2/h3-6,12,18H,7-10H2,1-2H3/t12-/m1/s1. The largest absolute Gasteiger partial charge is 0.296 e. The smallest absolute Gasteiger partial charge is 0.215 e. The average molecular weight is 354 g/mol. The minimum absolute atomic E-state index is 0.368. The molecule has 1 aliphatic rings. The summed E-state index contributed by atoms with van der Waals surface area (Å²) in [7, 11) is -1.76. The second kappa shape index (κ2) is 6.36. The van der Waals surface area contributed by atoms with Gasteiger partial charge in [0.25, 0.3) is 0 Å². The van der Waals surface area contributed by atoms with Gasteiger partial charge in [0.15, 0.2) is 0 Å². The minimum atomic E-state index is -3.22. The predicted molar refractivity (Wildman–Crippen MR) is 93.2 cm³/mol. The van der Waals surface area contributed by atoms with Crippen molar-refractivity contribution < 1.29 is 8.42 Å². The summed E-state index contributed by atoms with van der Waals surface area (Å²) in [6.07, 6.45) is 0.632. The van der Waals surface area contributed by atoms with Crippen LogP contribution in [-0.4, -0.2) is 43.7 Å². The number of aromatic nitrogens is 1. The molecule has 0 saturated carbocycles. The molecule has 1 fully saturated rings. The molecule has 1 saturated heterocycles. The summed E-state index contributed by atoms with van der Waals surface area (Å²) in [5.74, 6) is 0. The topological polar surface area (TPSA) is 62.3 Å². The first kappa shape index (κ1) is 16.6. The van der Waals surface area contributed by atoms with Gasteiger partial charge in [-0.25, -0.2) is 18.1 Å². The van der Waals surface area contributed by atoms with Crippen LogP contribution in [0.2, 0.25) is 5.02 Å². The fraction of sp³-hybridized carbons (Fsp3) is 0.438. The quantitative estimate of drug-likeness (QED) is 0.916. The third-order valence-corrected chi connectivity index (χ3v) is 6.81. The Morgan fingerprint density at radius 1 is 1.39 bits per heavy atom. The number of rotatable bonds is 4. The van der Waals surface area contributed by atoms with Gasteiger partial charge in [0.05, 0.1) is 21.5 Å². The van der Waals surface area contributed by atoms with Crippen molar-refractivity contribution in [2.24, 2.45) is 0 Å². The number of pyridine rings is 1. The van der Waals surface area contributed by atoms with E-state index in [1.54, 1.807) is 0 Å². The number of nitrogens with one attached hydrogen (secondary N) is 1. The van der Waals surface area contributed by atoms with Crippen molar-refractivity contribution >= 4 is 32.5 Å². The normalized spacial score (nSPS) is 19.5. The molecule has 1 N–H and O–H groups in total. The van der Waals surface area contributed by atoms with Crippen molar-refractivity contribution in [3.63, 3.8) is 0 Å². The Morgan fingerprint density at radius 2 is 2.13 bits per heavy atom. The van der Waals surface area contributed by atoms with Crippen LogP contribution in [0.3, 0.4) is 0 Å². The highest BCUT2D eigenvalue weighted by Crippen LogP contribution is 2.28. The number of para-hydroxylation sites is 1. The van der Waals surface area contributed by atoms with E-state index in [1.807, 2.05) is 31.2 Å². The van der Waals surface area contributed by atoms with Crippen LogP contribution in [-0.2, 0) is 16.6 Å². The van der Waals surface area contributed by atoms with Gasteiger partial charge in [0, 0.05) is 18.5 Å². The van der Waals surface area contributed by atoms with Gasteiger partial charge in [0.1, 0.15) is 0 Å². The van der Waals surface area contributed by atoms with Gasteiger partial charge >= 0.3 is 0 Å². The Hall–Kier alpha value is -1.21. The predicted octanol–water partition coefficient (Wildman–Crippen LogP) is 2.32. The SMILES string of the molecule is CNS(=O)(=O)[C@@H]1CCN(Cc2nc3ccccc3c(C)c2Cl)C1. The van der Waals surface area contributed by atoms with E-state index in [2.05, 4.69) is 14.6 Å². The van der Waals surface area contributed by atoms with Crippen molar-refractivity contribution in [1.82, 2.24) is 14.6 Å². The zero-order chi connectivity index (χ0) is 16.6. The molecule has 124 valence electrons. The summed E-state index contributed by atoms with van der Waals surface area (Å²) in [5, 5.41) is 1.36. The fourth-order valence-electron chi connectivity index (χ4n) is 3.09. The third kappa shape index (κ3) is 3.21. The lowest BCUT2D eigenvalue weighted by atomic mass is 10.1. The number of nitrogens with zero attached hydrogens (tertiary/aromatic N) is 2. The van der Waals surface area contributed by atoms with Crippen LogP contribution in [0.4, 0.5) is 0 Å². The molecule has 1 atom stereocenters. The summed E-state index contributed by atoms with van der Waals surface area (Å²) in [5.41, 5.74) is 2.75. The van der Waals surface area contributed by atoms with Gasteiger partial charge in [0.2, 0.25) is 10.0 Å². The van der Waals surface area contributed by atoms with Crippen molar-refractivity contribution in [1.29, 1.82) is 0 Å². The lowest BCUT2D eigenvalue weighted by Crippen LogP contribution is -2.34. The van der Waals surface area contributed by atoms with E-state index >= 15 is 0 Å². The van der Waals surface area contributed by atoms with Crippen molar-refractivity contribution in [3.05, 3.63) is 40.5 Å². The molecule has 1 aliphatic heterocycles. The summed E-state index contributed by atoms with van der Waals surface area (Å²) < 4.78 is 26.2. The van der Waals surface area contributed by atoms with Gasteiger partial charge in [-0.1, -0.05) is 29.8 Å². The number of fused-ring (bicyclic) bond motifs is 1. The molecular weight excluding hydrogens is 334 g/mol.